The number of imidazole rings is 1. The molecular formula is C27H32N8O3S. The molecule has 1 unspecified atom stereocenters. The number of nitriles is 1. The number of carbonyl (C=O) groups excluding carboxylic acids is 1. The Balaban J connectivity index is 1.41. The fraction of sp³-hybridized carbons (Fsp3) is 0.481. The minimum atomic E-state index is -0.519. The molecule has 4 aromatic heterocycles. The zero-order valence-corrected chi connectivity index (χ0v) is 23.8. The molecule has 0 bridgehead atoms. The number of piperidine rings is 1. The molecule has 39 heavy (non-hydrogen) atoms. The van der Waals surface area contributed by atoms with Crippen LogP contribution in [0.5, 0.6) is 5.88 Å². The van der Waals surface area contributed by atoms with E-state index < -0.39 is 5.60 Å². The zero-order chi connectivity index (χ0) is 27.9. The Morgan fingerprint density at radius 1 is 1.18 bits per heavy atom. The van der Waals surface area contributed by atoms with Gasteiger partial charge in [0.15, 0.2) is 0 Å². The Hall–Kier alpha value is -3.98. The molecule has 11 nitrogen and oxygen atoms in total. The van der Waals surface area contributed by atoms with Crippen LogP contribution in [0, 0.1) is 25.2 Å². The smallest absolute Gasteiger partial charge is 0.410 e. The maximum atomic E-state index is 12.5. The number of nitrogens with zero attached hydrogens (tertiary/aromatic N) is 8. The molecule has 0 aliphatic carbocycles. The summed E-state index contributed by atoms with van der Waals surface area (Å²) in [6.45, 7) is 12.7. The highest BCUT2D eigenvalue weighted by atomic mass is 32.1. The summed E-state index contributed by atoms with van der Waals surface area (Å²) in [6.07, 6.45) is 4.27. The predicted molar refractivity (Wildman–Crippen MR) is 146 cm³/mol. The van der Waals surface area contributed by atoms with Crippen LogP contribution in [0.3, 0.4) is 0 Å². The van der Waals surface area contributed by atoms with Crippen LogP contribution < -0.4 is 4.74 Å². The van der Waals surface area contributed by atoms with Crippen molar-refractivity contribution >= 4 is 23.1 Å². The van der Waals surface area contributed by atoms with E-state index in [-0.39, 0.29) is 18.2 Å². The molecule has 204 valence electrons. The number of carbonyl (C=O) groups is 1. The number of amides is 1. The summed E-state index contributed by atoms with van der Waals surface area (Å²) in [5.74, 6) is 0.483. The van der Waals surface area contributed by atoms with E-state index in [0.717, 1.165) is 39.7 Å². The van der Waals surface area contributed by atoms with Gasteiger partial charge in [0.1, 0.15) is 39.8 Å². The number of pyridine rings is 1. The highest BCUT2D eigenvalue weighted by molar-refractivity contribution is 7.11. The number of thiazole rings is 1. The van der Waals surface area contributed by atoms with E-state index in [1.165, 1.54) is 6.20 Å². The maximum Gasteiger partial charge on any atom is 0.410 e. The second-order valence-electron chi connectivity index (χ2n) is 10.8. The Kier molecular flexibility index (Phi) is 7.03. The van der Waals surface area contributed by atoms with Gasteiger partial charge in [0.25, 0.3) is 0 Å². The van der Waals surface area contributed by atoms with Gasteiger partial charge < -0.3 is 14.4 Å². The third-order valence-electron chi connectivity index (χ3n) is 6.63. The molecule has 1 amide bonds. The van der Waals surface area contributed by atoms with Crippen LogP contribution in [-0.4, -0.2) is 59.0 Å². The quantitative estimate of drug-likeness (QED) is 0.331. The first-order valence-electron chi connectivity index (χ1n) is 12.9. The second kappa shape index (κ2) is 10.3. The van der Waals surface area contributed by atoms with Gasteiger partial charge in [-0.1, -0.05) is 5.21 Å². The van der Waals surface area contributed by atoms with Crippen LogP contribution in [-0.2, 0) is 4.74 Å². The highest BCUT2D eigenvalue weighted by Gasteiger charge is 2.29. The fourth-order valence-corrected chi connectivity index (χ4v) is 5.50. The average molecular weight is 549 g/mol. The van der Waals surface area contributed by atoms with Crippen molar-refractivity contribution in [2.45, 2.75) is 72.1 Å². The summed E-state index contributed by atoms with van der Waals surface area (Å²) in [6, 6.07) is 6.07. The van der Waals surface area contributed by atoms with Crippen molar-refractivity contribution in [2.24, 2.45) is 0 Å². The maximum absolute atomic E-state index is 12.5. The van der Waals surface area contributed by atoms with Crippen molar-refractivity contribution in [1.29, 1.82) is 5.26 Å². The van der Waals surface area contributed by atoms with E-state index in [4.69, 9.17) is 9.47 Å². The van der Waals surface area contributed by atoms with E-state index in [0.29, 0.717) is 30.3 Å². The second-order valence-corrected chi connectivity index (χ2v) is 12.0. The van der Waals surface area contributed by atoms with Crippen LogP contribution >= 0.6 is 11.3 Å². The summed E-state index contributed by atoms with van der Waals surface area (Å²) in [7, 11) is 0. The molecule has 0 aromatic carbocycles. The van der Waals surface area contributed by atoms with Crippen molar-refractivity contribution < 1.29 is 14.3 Å². The van der Waals surface area contributed by atoms with Gasteiger partial charge in [-0.3, -0.25) is 4.40 Å². The van der Waals surface area contributed by atoms with E-state index >= 15 is 0 Å². The summed E-state index contributed by atoms with van der Waals surface area (Å²) in [5.41, 5.74) is 2.87. The molecular weight excluding hydrogens is 516 g/mol. The molecule has 1 aliphatic heterocycles. The Morgan fingerprint density at radius 3 is 2.56 bits per heavy atom. The SMILES string of the molecule is Cc1cnc(C(C)Oc2cc(-c3nnn(C4CCN(C(=O)OC(C)(C)C)CC4)c3C)cc3ncc(C#N)n23)s1. The van der Waals surface area contributed by atoms with Crippen LogP contribution in [0.2, 0.25) is 0 Å². The molecule has 5 heterocycles. The minimum absolute atomic E-state index is 0.120. The van der Waals surface area contributed by atoms with E-state index in [9.17, 15) is 10.1 Å². The minimum Gasteiger partial charge on any atom is -0.468 e. The number of fused-ring (bicyclic) bond motifs is 1. The molecule has 0 radical (unpaired) electrons. The monoisotopic (exact) mass is 548 g/mol. The number of aryl methyl sites for hydroxylation is 1. The number of likely N-dealkylation sites (tertiary alicyclic amines) is 1. The zero-order valence-electron chi connectivity index (χ0n) is 23.0. The third kappa shape index (κ3) is 5.45. The number of hydrogen-bond acceptors (Lipinski definition) is 9. The summed E-state index contributed by atoms with van der Waals surface area (Å²) in [4.78, 5) is 24.2. The van der Waals surface area contributed by atoms with Crippen molar-refractivity contribution in [2.75, 3.05) is 13.1 Å². The molecule has 0 spiro atoms. The Labute approximate surface area is 231 Å². The molecule has 0 saturated carbocycles. The van der Waals surface area contributed by atoms with E-state index in [1.54, 1.807) is 20.6 Å². The highest BCUT2D eigenvalue weighted by Crippen LogP contribution is 2.33. The van der Waals surface area contributed by atoms with Crippen LogP contribution in [0.25, 0.3) is 16.9 Å². The Bertz CT molecular complexity index is 1550. The lowest BCUT2D eigenvalue weighted by Gasteiger charge is -2.33. The lowest BCUT2D eigenvalue weighted by Crippen LogP contribution is -2.42. The topological polar surface area (TPSA) is 123 Å². The lowest BCUT2D eigenvalue weighted by molar-refractivity contribution is 0.0184. The van der Waals surface area contributed by atoms with Crippen molar-refractivity contribution in [3.05, 3.63) is 45.8 Å². The normalized spacial score (nSPS) is 15.4. The first-order chi connectivity index (χ1) is 18.5. The van der Waals surface area contributed by atoms with Gasteiger partial charge in [0.05, 0.1) is 17.9 Å². The van der Waals surface area contributed by atoms with Gasteiger partial charge in [0.2, 0.25) is 5.88 Å². The van der Waals surface area contributed by atoms with Crippen molar-refractivity contribution in [1.82, 2.24) is 34.3 Å². The molecule has 12 heteroatoms. The molecule has 4 aromatic rings. The molecule has 0 N–H and O–H groups in total. The van der Waals surface area contributed by atoms with E-state index in [2.05, 4.69) is 26.3 Å². The first-order valence-corrected chi connectivity index (χ1v) is 13.8. The van der Waals surface area contributed by atoms with Gasteiger partial charge in [-0.2, -0.15) is 5.26 Å². The van der Waals surface area contributed by atoms with Gasteiger partial charge in [-0.05, 0) is 60.5 Å². The molecule has 5 rings (SSSR count). The van der Waals surface area contributed by atoms with Crippen LogP contribution in [0.4, 0.5) is 4.79 Å². The third-order valence-corrected chi connectivity index (χ3v) is 7.71. The standard InChI is InChI=1S/C27H32N8O3S/c1-16-14-30-25(39-16)18(3)37-23-12-19(11-22-29-15-21(13-28)34(22)23)24-17(2)35(32-31-24)20-7-9-33(10-8-20)26(36)38-27(4,5)6/h11-12,14-15,18,20H,7-10H2,1-6H3. The number of ether oxygens (including phenoxy) is 2. The fourth-order valence-electron chi connectivity index (χ4n) is 4.75. The molecule has 1 atom stereocenters. The largest absolute Gasteiger partial charge is 0.468 e. The lowest BCUT2D eigenvalue weighted by atomic mass is 10.0. The summed E-state index contributed by atoms with van der Waals surface area (Å²) in [5, 5.41) is 19.5. The number of hydrogen-bond donors (Lipinski definition) is 0. The van der Waals surface area contributed by atoms with Crippen molar-refractivity contribution in [3.8, 4) is 23.2 Å². The van der Waals surface area contributed by atoms with Gasteiger partial charge >= 0.3 is 6.09 Å². The van der Waals surface area contributed by atoms with Gasteiger partial charge in [-0.15, -0.1) is 16.4 Å². The van der Waals surface area contributed by atoms with Crippen LogP contribution in [0.1, 0.15) is 74.0 Å². The van der Waals surface area contributed by atoms with Gasteiger partial charge in [0, 0.05) is 35.8 Å². The summed E-state index contributed by atoms with van der Waals surface area (Å²) >= 11 is 1.57. The average Bonchev–Trinajstić information content (AvgIpc) is 3.61. The predicted octanol–water partition coefficient (Wildman–Crippen LogP) is 5.25. The van der Waals surface area contributed by atoms with Gasteiger partial charge in [-0.25, -0.2) is 19.4 Å². The van der Waals surface area contributed by atoms with Crippen molar-refractivity contribution in [3.63, 3.8) is 0 Å². The number of aromatic nitrogens is 6. The summed E-state index contributed by atoms with van der Waals surface area (Å²) < 4.78 is 15.5. The number of rotatable bonds is 5. The van der Waals surface area contributed by atoms with E-state index in [1.807, 2.05) is 64.6 Å². The Morgan fingerprint density at radius 2 is 1.92 bits per heavy atom. The first kappa shape index (κ1) is 26.6. The molecule has 1 aliphatic rings. The molecule has 1 fully saturated rings. The van der Waals surface area contributed by atoms with Crippen LogP contribution in [0.15, 0.2) is 24.5 Å². The molecule has 1 saturated heterocycles.